The minimum absolute atomic E-state index is 0.206. The highest BCUT2D eigenvalue weighted by molar-refractivity contribution is 5.93. The molecule has 0 spiro atoms. The van der Waals surface area contributed by atoms with Crippen molar-refractivity contribution in [3.8, 4) is 11.5 Å². The fourth-order valence-electron chi connectivity index (χ4n) is 1.05. The van der Waals surface area contributed by atoms with Crippen LogP contribution in [0.25, 0.3) is 0 Å². The molecule has 1 aliphatic heterocycles. The van der Waals surface area contributed by atoms with E-state index < -0.39 is 17.9 Å². The first-order valence-electron chi connectivity index (χ1n) is 5.09. The van der Waals surface area contributed by atoms with Gasteiger partial charge in [0.2, 0.25) is 12.7 Å². The van der Waals surface area contributed by atoms with Crippen molar-refractivity contribution >= 4 is 11.9 Å². The minimum atomic E-state index is -0.963. The summed E-state index contributed by atoms with van der Waals surface area (Å²) in [6.45, 7) is 1.62. The summed E-state index contributed by atoms with van der Waals surface area (Å²) >= 11 is 0. The monoisotopic (exact) mass is 254 g/mol. The zero-order valence-corrected chi connectivity index (χ0v) is 9.75. The number of carbonyl (C=O) groups is 2. The van der Waals surface area contributed by atoms with E-state index in [-0.39, 0.29) is 6.79 Å². The Kier molecular flexibility index (Phi) is 4.50. The van der Waals surface area contributed by atoms with Crippen molar-refractivity contribution in [2.45, 2.75) is 13.0 Å². The van der Waals surface area contributed by atoms with Crippen LogP contribution in [0.4, 0.5) is 0 Å². The lowest BCUT2D eigenvalue weighted by Gasteiger charge is -1.97. The molecule has 0 bridgehead atoms. The number of rotatable bonds is 2. The average Bonchev–Trinajstić information content (AvgIpc) is 2.76. The number of carbonyl (C=O) groups excluding carboxylic acids is 1. The second-order valence-corrected chi connectivity index (χ2v) is 3.56. The molecule has 1 unspecified atom stereocenters. The molecule has 1 aromatic rings. The molecule has 1 aliphatic rings. The van der Waals surface area contributed by atoms with E-state index in [1.807, 2.05) is 0 Å². The fraction of sp³-hybridized carbons (Fsp3) is 0.273. The molecule has 1 atom stereocenters. The van der Waals surface area contributed by atoms with Gasteiger partial charge in [-0.1, -0.05) is 0 Å². The molecule has 0 radical (unpaired) electrons. The van der Waals surface area contributed by atoms with Gasteiger partial charge in [0.05, 0.1) is 0 Å². The van der Waals surface area contributed by atoms with E-state index in [0.717, 1.165) is 0 Å². The lowest BCUT2D eigenvalue weighted by molar-refractivity contribution is -0.138. The van der Waals surface area contributed by atoms with E-state index in [1.165, 1.54) is 6.92 Å². The first kappa shape index (κ1) is 13.8. The van der Waals surface area contributed by atoms with Gasteiger partial charge in [0.25, 0.3) is 0 Å². The molecule has 1 amide bonds. The molecule has 18 heavy (non-hydrogen) atoms. The number of carboxylic acid groups (broad SMARTS) is 1. The van der Waals surface area contributed by atoms with Crippen molar-refractivity contribution in [3.05, 3.63) is 23.8 Å². The number of nitrogens with two attached hydrogens (primary N) is 2. The average molecular weight is 254 g/mol. The molecule has 1 heterocycles. The molecule has 7 nitrogen and oxygen atoms in total. The van der Waals surface area contributed by atoms with Crippen LogP contribution in [0.1, 0.15) is 17.3 Å². The summed E-state index contributed by atoms with van der Waals surface area (Å²) in [5, 5.41) is 7.87. The molecule has 5 N–H and O–H groups in total. The summed E-state index contributed by atoms with van der Waals surface area (Å²) in [6.07, 6.45) is 0. The predicted molar refractivity (Wildman–Crippen MR) is 62.4 cm³/mol. The second kappa shape index (κ2) is 5.87. The molecule has 0 aromatic heterocycles. The van der Waals surface area contributed by atoms with Gasteiger partial charge in [0.1, 0.15) is 6.04 Å². The standard InChI is InChI=1S/C8H7NO3.C3H7NO2/c9-8(10)5-1-2-6-7(3-5)12-4-11-6;1-2(4)3(5)6/h1-3H,4H2,(H2,9,10);2H,4H2,1H3,(H,5,6). The Morgan fingerprint density at radius 3 is 2.39 bits per heavy atom. The molecule has 98 valence electrons. The molecule has 0 fully saturated rings. The Balaban J connectivity index is 0.000000232. The van der Waals surface area contributed by atoms with Crippen LogP contribution >= 0.6 is 0 Å². The highest BCUT2D eigenvalue weighted by atomic mass is 16.7. The SMILES string of the molecule is CC(N)C(=O)O.NC(=O)c1ccc2c(c1)OCO2. The van der Waals surface area contributed by atoms with Gasteiger partial charge in [-0.2, -0.15) is 0 Å². The maximum absolute atomic E-state index is 10.7. The van der Waals surface area contributed by atoms with Gasteiger partial charge in [-0.05, 0) is 25.1 Å². The maximum Gasteiger partial charge on any atom is 0.320 e. The number of fused-ring (bicyclic) bond motifs is 1. The Hall–Kier alpha value is -2.28. The van der Waals surface area contributed by atoms with E-state index in [0.29, 0.717) is 17.1 Å². The first-order valence-corrected chi connectivity index (χ1v) is 5.09. The van der Waals surface area contributed by atoms with Crippen LogP contribution in [-0.4, -0.2) is 29.8 Å². The number of ether oxygens (including phenoxy) is 2. The highest BCUT2D eigenvalue weighted by Crippen LogP contribution is 2.32. The molecule has 1 aromatic carbocycles. The van der Waals surface area contributed by atoms with Crippen LogP contribution in [0.3, 0.4) is 0 Å². The summed E-state index contributed by atoms with van der Waals surface area (Å²) in [5.74, 6) is -0.199. The second-order valence-electron chi connectivity index (χ2n) is 3.56. The molecule has 2 rings (SSSR count). The Bertz CT molecular complexity index is 459. The number of aliphatic carboxylic acids is 1. The highest BCUT2D eigenvalue weighted by Gasteiger charge is 2.14. The minimum Gasteiger partial charge on any atom is -0.480 e. The number of hydrogen-bond acceptors (Lipinski definition) is 5. The Morgan fingerprint density at radius 2 is 1.89 bits per heavy atom. The zero-order valence-electron chi connectivity index (χ0n) is 9.75. The smallest absolute Gasteiger partial charge is 0.320 e. The van der Waals surface area contributed by atoms with Gasteiger partial charge in [-0.3, -0.25) is 9.59 Å². The van der Waals surface area contributed by atoms with Crippen molar-refractivity contribution in [1.82, 2.24) is 0 Å². The molecular weight excluding hydrogens is 240 g/mol. The van der Waals surface area contributed by atoms with Crippen molar-refractivity contribution in [2.75, 3.05) is 6.79 Å². The molecule has 0 aliphatic carbocycles. The third-order valence-electron chi connectivity index (χ3n) is 2.05. The zero-order chi connectivity index (χ0) is 13.7. The van der Waals surface area contributed by atoms with Gasteiger partial charge in [0, 0.05) is 5.56 Å². The van der Waals surface area contributed by atoms with Crippen LogP contribution in [0, 0.1) is 0 Å². The number of primary amides is 1. The molecule has 7 heteroatoms. The van der Waals surface area contributed by atoms with Crippen molar-refractivity contribution in [3.63, 3.8) is 0 Å². The Morgan fingerprint density at radius 1 is 1.33 bits per heavy atom. The summed E-state index contributed by atoms with van der Waals surface area (Å²) in [7, 11) is 0. The van der Waals surface area contributed by atoms with Crippen molar-refractivity contribution in [2.24, 2.45) is 11.5 Å². The summed E-state index contributed by atoms with van der Waals surface area (Å²) in [5.41, 5.74) is 10.3. The van der Waals surface area contributed by atoms with Crippen LogP contribution in [0.5, 0.6) is 11.5 Å². The lowest BCUT2D eigenvalue weighted by Crippen LogP contribution is -2.25. The number of carboxylic acids is 1. The number of benzene rings is 1. The third-order valence-corrected chi connectivity index (χ3v) is 2.05. The van der Waals surface area contributed by atoms with Crippen LogP contribution < -0.4 is 20.9 Å². The van der Waals surface area contributed by atoms with E-state index in [2.05, 4.69) is 0 Å². The van der Waals surface area contributed by atoms with Crippen LogP contribution in [-0.2, 0) is 4.79 Å². The van der Waals surface area contributed by atoms with Gasteiger partial charge < -0.3 is 26.0 Å². The number of hydrogen-bond donors (Lipinski definition) is 3. The summed E-state index contributed by atoms with van der Waals surface area (Å²) in [4.78, 5) is 20.3. The maximum atomic E-state index is 10.7. The summed E-state index contributed by atoms with van der Waals surface area (Å²) in [6, 6.07) is 4.12. The van der Waals surface area contributed by atoms with Crippen LogP contribution in [0.15, 0.2) is 18.2 Å². The van der Waals surface area contributed by atoms with Crippen molar-refractivity contribution < 1.29 is 24.2 Å². The molecular formula is C11H14N2O5. The first-order chi connectivity index (χ1) is 8.41. The van der Waals surface area contributed by atoms with Gasteiger partial charge >= 0.3 is 5.97 Å². The molecule has 0 saturated heterocycles. The van der Waals surface area contributed by atoms with Gasteiger partial charge in [-0.15, -0.1) is 0 Å². The van der Waals surface area contributed by atoms with Gasteiger partial charge in [0.15, 0.2) is 11.5 Å². The largest absolute Gasteiger partial charge is 0.480 e. The van der Waals surface area contributed by atoms with Crippen LogP contribution in [0.2, 0.25) is 0 Å². The quantitative estimate of drug-likeness (QED) is 0.678. The fourth-order valence-corrected chi connectivity index (χ4v) is 1.05. The third kappa shape index (κ3) is 3.63. The predicted octanol–water partition coefficient (Wildman–Crippen LogP) is -0.0676. The molecule has 0 saturated carbocycles. The normalized spacial score (nSPS) is 13.2. The van der Waals surface area contributed by atoms with Crippen molar-refractivity contribution in [1.29, 1.82) is 0 Å². The Labute approximate surface area is 103 Å². The topological polar surface area (TPSA) is 125 Å². The van der Waals surface area contributed by atoms with Gasteiger partial charge in [-0.25, -0.2) is 0 Å². The van der Waals surface area contributed by atoms with E-state index in [9.17, 15) is 9.59 Å². The van der Waals surface area contributed by atoms with E-state index in [1.54, 1.807) is 18.2 Å². The summed E-state index contributed by atoms with van der Waals surface area (Å²) < 4.78 is 10.1. The lowest BCUT2D eigenvalue weighted by atomic mass is 10.2. The van der Waals surface area contributed by atoms with E-state index >= 15 is 0 Å². The van der Waals surface area contributed by atoms with E-state index in [4.69, 9.17) is 26.0 Å². The number of amides is 1.